The van der Waals surface area contributed by atoms with Crippen molar-refractivity contribution in [1.82, 2.24) is 10.6 Å². The summed E-state index contributed by atoms with van der Waals surface area (Å²) in [6.07, 6.45) is 5.57. The Morgan fingerprint density at radius 2 is 1.96 bits per heavy atom. The van der Waals surface area contributed by atoms with Crippen molar-refractivity contribution in [3.63, 3.8) is 0 Å². The molecule has 0 unspecified atom stereocenters. The highest BCUT2D eigenvalue weighted by Gasteiger charge is 2.21. The third kappa shape index (κ3) is 4.08. The summed E-state index contributed by atoms with van der Waals surface area (Å²) in [6.45, 7) is 1.75. The number of anilines is 1. The molecule has 1 aliphatic carbocycles. The average Bonchev–Trinajstić information content (AvgIpc) is 3.06. The molecule has 1 heterocycles. The molecule has 126 valence electrons. The van der Waals surface area contributed by atoms with Crippen molar-refractivity contribution in [2.24, 2.45) is 5.92 Å². The summed E-state index contributed by atoms with van der Waals surface area (Å²) < 4.78 is 0. The first-order chi connectivity index (χ1) is 11.7. The number of carbonyl (C=O) groups is 2. The van der Waals surface area contributed by atoms with Crippen LogP contribution in [0.25, 0.3) is 0 Å². The SMILES string of the molecule is O=C(NCC#Cc1ccc(N2CCNC2=O)cc1)C1CCCCC1. The predicted molar refractivity (Wildman–Crippen MR) is 93.6 cm³/mol. The first-order valence-corrected chi connectivity index (χ1v) is 8.66. The normalized spacial score (nSPS) is 17.8. The van der Waals surface area contributed by atoms with Gasteiger partial charge in [0.1, 0.15) is 0 Å². The second-order valence-corrected chi connectivity index (χ2v) is 6.28. The zero-order valence-corrected chi connectivity index (χ0v) is 13.8. The van der Waals surface area contributed by atoms with Crippen LogP contribution in [0.5, 0.6) is 0 Å². The maximum absolute atomic E-state index is 12.0. The molecule has 0 bridgehead atoms. The highest BCUT2D eigenvalue weighted by atomic mass is 16.2. The maximum atomic E-state index is 12.0. The molecule has 0 atom stereocenters. The van der Waals surface area contributed by atoms with Gasteiger partial charge in [0.15, 0.2) is 0 Å². The molecule has 2 aliphatic rings. The number of hydrogen-bond acceptors (Lipinski definition) is 2. The summed E-state index contributed by atoms with van der Waals surface area (Å²) in [5.74, 6) is 6.35. The number of rotatable bonds is 3. The van der Waals surface area contributed by atoms with Gasteiger partial charge in [0.2, 0.25) is 5.91 Å². The third-order valence-electron chi connectivity index (χ3n) is 4.60. The summed E-state index contributed by atoms with van der Waals surface area (Å²) >= 11 is 0. The molecule has 24 heavy (non-hydrogen) atoms. The quantitative estimate of drug-likeness (QED) is 0.838. The monoisotopic (exact) mass is 325 g/mol. The van der Waals surface area contributed by atoms with E-state index in [0.29, 0.717) is 19.6 Å². The van der Waals surface area contributed by atoms with Crippen LogP contribution < -0.4 is 15.5 Å². The van der Waals surface area contributed by atoms with Gasteiger partial charge in [-0.15, -0.1) is 0 Å². The van der Waals surface area contributed by atoms with E-state index in [2.05, 4.69) is 22.5 Å². The minimum absolute atomic E-state index is 0.0562. The highest BCUT2D eigenvalue weighted by Crippen LogP contribution is 2.23. The molecule has 2 N–H and O–H groups in total. The van der Waals surface area contributed by atoms with Crippen LogP contribution in [-0.4, -0.2) is 31.6 Å². The van der Waals surface area contributed by atoms with Crippen molar-refractivity contribution in [2.45, 2.75) is 32.1 Å². The van der Waals surface area contributed by atoms with E-state index in [1.165, 1.54) is 6.42 Å². The van der Waals surface area contributed by atoms with Crippen molar-refractivity contribution in [3.05, 3.63) is 29.8 Å². The lowest BCUT2D eigenvalue weighted by Crippen LogP contribution is -2.32. The van der Waals surface area contributed by atoms with Gasteiger partial charge < -0.3 is 10.6 Å². The smallest absolute Gasteiger partial charge is 0.321 e. The van der Waals surface area contributed by atoms with E-state index in [9.17, 15) is 9.59 Å². The summed E-state index contributed by atoms with van der Waals surface area (Å²) in [5, 5.41) is 5.69. The molecular formula is C19H23N3O2. The first kappa shape index (κ1) is 16.4. The third-order valence-corrected chi connectivity index (χ3v) is 4.60. The van der Waals surface area contributed by atoms with Crippen LogP contribution in [0.15, 0.2) is 24.3 Å². The van der Waals surface area contributed by atoms with Crippen molar-refractivity contribution in [2.75, 3.05) is 24.5 Å². The van der Waals surface area contributed by atoms with Gasteiger partial charge in [-0.25, -0.2) is 4.79 Å². The molecule has 0 spiro atoms. The standard InChI is InChI=1S/C19H23N3O2/c23-18(16-6-2-1-3-7-16)20-12-4-5-15-8-10-17(11-9-15)22-14-13-21-19(22)24/h8-11,16H,1-3,6-7,12-14H2,(H,20,23)(H,21,24). The van der Waals surface area contributed by atoms with E-state index < -0.39 is 0 Å². The van der Waals surface area contributed by atoms with Gasteiger partial charge in [-0.2, -0.15) is 0 Å². The Morgan fingerprint density at radius 1 is 1.21 bits per heavy atom. The van der Waals surface area contributed by atoms with Crippen LogP contribution in [0, 0.1) is 17.8 Å². The van der Waals surface area contributed by atoms with Gasteiger partial charge in [-0.3, -0.25) is 9.69 Å². The van der Waals surface area contributed by atoms with Crippen LogP contribution in [0.3, 0.4) is 0 Å². The van der Waals surface area contributed by atoms with Crippen LogP contribution in [0.2, 0.25) is 0 Å². The maximum Gasteiger partial charge on any atom is 0.321 e. The Balaban J connectivity index is 1.48. The van der Waals surface area contributed by atoms with Gasteiger partial charge >= 0.3 is 6.03 Å². The van der Waals surface area contributed by atoms with Crippen LogP contribution in [0.4, 0.5) is 10.5 Å². The molecule has 5 nitrogen and oxygen atoms in total. The zero-order valence-electron chi connectivity index (χ0n) is 13.8. The molecule has 0 radical (unpaired) electrons. The molecule has 1 aliphatic heterocycles. The topological polar surface area (TPSA) is 61.4 Å². The van der Waals surface area contributed by atoms with Gasteiger partial charge in [0.05, 0.1) is 6.54 Å². The van der Waals surface area contributed by atoms with E-state index in [1.807, 2.05) is 24.3 Å². The molecule has 2 fully saturated rings. The minimum Gasteiger partial charge on any atom is -0.345 e. The first-order valence-electron chi connectivity index (χ1n) is 8.66. The lowest BCUT2D eigenvalue weighted by molar-refractivity contribution is -0.125. The number of amides is 3. The van der Waals surface area contributed by atoms with Gasteiger partial charge in [-0.05, 0) is 37.1 Å². The Bertz CT molecular complexity index is 651. The molecule has 1 aromatic rings. The Labute approximate surface area is 142 Å². The van der Waals surface area contributed by atoms with E-state index in [-0.39, 0.29) is 17.9 Å². The largest absolute Gasteiger partial charge is 0.345 e. The second kappa shape index (κ2) is 7.87. The second-order valence-electron chi connectivity index (χ2n) is 6.28. The summed E-state index contributed by atoms with van der Waals surface area (Å²) in [4.78, 5) is 25.3. The lowest BCUT2D eigenvalue weighted by Gasteiger charge is -2.19. The van der Waals surface area contributed by atoms with Crippen LogP contribution in [-0.2, 0) is 4.79 Å². The molecule has 3 amide bonds. The number of nitrogens with one attached hydrogen (secondary N) is 2. The molecular weight excluding hydrogens is 302 g/mol. The molecule has 1 aromatic carbocycles. The number of urea groups is 1. The fourth-order valence-electron chi connectivity index (χ4n) is 3.23. The van der Waals surface area contributed by atoms with Crippen molar-refractivity contribution in [3.8, 4) is 11.8 Å². The van der Waals surface area contributed by atoms with Crippen LogP contribution in [0.1, 0.15) is 37.7 Å². The molecule has 3 rings (SSSR count). The Morgan fingerprint density at radius 3 is 2.62 bits per heavy atom. The van der Waals surface area contributed by atoms with E-state index in [1.54, 1.807) is 4.90 Å². The number of hydrogen-bond donors (Lipinski definition) is 2. The minimum atomic E-state index is -0.0562. The van der Waals surface area contributed by atoms with Gasteiger partial charge in [0, 0.05) is 30.3 Å². The number of carbonyl (C=O) groups excluding carboxylic acids is 2. The average molecular weight is 325 g/mol. The fourth-order valence-corrected chi connectivity index (χ4v) is 3.23. The lowest BCUT2D eigenvalue weighted by atomic mass is 9.89. The number of nitrogens with zero attached hydrogens (tertiary/aromatic N) is 1. The van der Waals surface area contributed by atoms with Crippen molar-refractivity contribution < 1.29 is 9.59 Å². The Kier molecular flexibility index (Phi) is 5.37. The van der Waals surface area contributed by atoms with E-state index >= 15 is 0 Å². The molecule has 1 saturated carbocycles. The van der Waals surface area contributed by atoms with Crippen molar-refractivity contribution in [1.29, 1.82) is 0 Å². The molecule has 1 saturated heterocycles. The van der Waals surface area contributed by atoms with E-state index in [4.69, 9.17) is 0 Å². The van der Waals surface area contributed by atoms with E-state index in [0.717, 1.165) is 36.9 Å². The van der Waals surface area contributed by atoms with Crippen molar-refractivity contribution >= 4 is 17.6 Å². The summed E-state index contributed by atoms with van der Waals surface area (Å²) in [7, 11) is 0. The molecule has 5 heteroatoms. The number of benzene rings is 1. The fraction of sp³-hybridized carbons (Fsp3) is 0.474. The predicted octanol–water partition coefficient (Wildman–Crippen LogP) is 2.26. The summed E-state index contributed by atoms with van der Waals surface area (Å²) in [6, 6.07) is 7.54. The zero-order chi connectivity index (χ0) is 16.8. The van der Waals surface area contributed by atoms with Gasteiger partial charge in [0.25, 0.3) is 0 Å². The van der Waals surface area contributed by atoms with Crippen LogP contribution >= 0.6 is 0 Å². The summed E-state index contributed by atoms with van der Waals surface area (Å²) in [5.41, 5.74) is 1.76. The molecule has 0 aromatic heterocycles. The van der Waals surface area contributed by atoms with Gasteiger partial charge in [-0.1, -0.05) is 31.1 Å². The Hall–Kier alpha value is -2.48. The highest BCUT2D eigenvalue weighted by molar-refractivity contribution is 5.94.